The minimum Gasteiger partial charge on any atom is -0.477 e. The third-order valence-electron chi connectivity index (χ3n) is 5.05. The minimum atomic E-state index is -2.80. The number of halogens is 1. The lowest BCUT2D eigenvalue weighted by Gasteiger charge is -2.35. The molecule has 26 heavy (non-hydrogen) atoms. The van der Waals surface area contributed by atoms with Crippen LogP contribution < -0.4 is 10.3 Å². The number of carboxylic acids is 1. The average molecular weight is 364 g/mol. The second-order valence-corrected chi connectivity index (χ2v) is 6.72. The van der Waals surface area contributed by atoms with Crippen LogP contribution in [0, 0.1) is 5.82 Å². The van der Waals surface area contributed by atoms with Crippen molar-refractivity contribution in [3.05, 3.63) is 39.9 Å². The first-order chi connectivity index (χ1) is 14.4. The van der Waals surface area contributed by atoms with Gasteiger partial charge in [0, 0.05) is 50.7 Å². The number of benzene rings is 1. The van der Waals surface area contributed by atoms with Gasteiger partial charge in [0.2, 0.25) is 5.43 Å². The van der Waals surface area contributed by atoms with Gasteiger partial charge in [-0.1, -0.05) is 6.85 Å². The molecule has 1 aromatic heterocycles. The Labute approximate surface area is 157 Å². The van der Waals surface area contributed by atoms with E-state index in [1.54, 1.807) is 9.47 Å². The number of carbonyl (C=O) groups is 1. The number of carboxylic acid groups (broad SMARTS) is 1. The maximum absolute atomic E-state index is 15.0. The van der Waals surface area contributed by atoms with E-state index in [1.807, 2.05) is 0 Å². The van der Waals surface area contributed by atoms with Gasteiger partial charge in [-0.2, -0.15) is 0 Å². The smallest absolute Gasteiger partial charge is 0.341 e. The van der Waals surface area contributed by atoms with Gasteiger partial charge < -0.3 is 19.5 Å². The van der Waals surface area contributed by atoms with Crippen molar-refractivity contribution in [2.45, 2.75) is 25.7 Å². The average Bonchev–Trinajstić information content (AvgIpc) is 3.52. The van der Waals surface area contributed by atoms with E-state index in [2.05, 4.69) is 0 Å². The second kappa shape index (κ2) is 6.39. The monoisotopic (exact) mass is 364 g/mol. The number of rotatable bonds is 4. The molecule has 0 radical (unpaired) electrons. The first-order valence-electron chi connectivity index (χ1n) is 11.0. The minimum absolute atomic E-state index is 0.00502. The van der Waals surface area contributed by atoms with Crippen molar-refractivity contribution in [2.24, 2.45) is 0 Å². The molecular formula is C19H22FN3O3. The van der Waals surface area contributed by atoms with Crippen molar-refractivity contribution in [1.29, 1.82) is 0 Å². The van der Waals surface area contributed by atoms with Crippen molar-refractivity contribution < 1.29 is 21.1 Å². The number of piperazine rings is 1. The van der Waals surface area contributed by atoms with Gasteiger partial charge in [-0.25, -0.2) is 9.18 Å². The molecule has 6 nitrogen and oxygen atoms in total. The Morgan fingerprint density at radius 2 is 2.08 bits per heavy atom. The van der Waals surface area contributed by atoms with Crippen LogP contribution in [-0.4, -0.2) is 53.2 Å². The third-order valence-corrected chi connectivity index (χ3v) is 5.05. The van der Waals surface area contributed by atoms with Gasteiger partial charge in [-0.05, 0) is 31.5 Å². The predicted octanol–water partition coefficient (Wildman–Crippen LogP) is 2.32. The molecule has 2 aromatic rings. The highest BCUT2D eigenvalue weighted by Crippen LogP contribution is 2.38. The number of aromatic carboxylic acids is 1. The van der Waals surface area contributed by atoms with E-state index in [9.17, 15) is 19.1 Å². The number of nitrogens with zero attached hydrogens (tertiary/aromatic N) is 3. The van der Waals surface area contributed by atoms with Crippen LogP contribution in [-0.2, 0) is 0 Å². The maximum atomic E-state index is 15.0. The van der Waals surface area contributed by atoms with Crippen molar-refractivity contribution in [1.82, 2.24) is 9.47 Å². The maximum Gasteiger partial charge on any atom is 0.341 e. The van der Waals surface area contributed by atoms with Gasteiger partial charge in [0.15, 0.2) is 0 Å². The molecule has 1 aliphatic carbocycles. The van der Waals surface area contributed by atoms with Gasteiger partial charge >= 0.3 is 5.97 Å². The normalized spacial score (nSPS) is 22.3. The fraction of sp³-hybridized carbons (Fsp3) is 0.474. The van der Waals surface area contributed by atoms with E-state index in [1.165, 1.54) is 17.2 Å². The summed E-state index contributed by atoms with van der Waals surface area (Å²) >= 11 is 0. The van der Waals surface area contributed by atoms with Crippen LogP contribution in [0.5, 0.6) is 0 Å². The van der Waals surface area contributed by atoms with E-state index in [-0.39, 0.29) is 43.3 Å². The molecule has 0 bridgehead atoms. The summed E-state index contributed by atoms with van der Waals surface area (Å²) < 4.78 is 54.7. The molecule has 0 atom stereocenters. The lowest BCUT2D eigenvalue weighted by Crippen LogP contribution is -2.46. The Morgan fingerprint density at radius 1 is 1.35 bits per heavy atom. The largest absolute Gasteiger partial charge is 0.477 e. The van der Waals surface area contributed by atoms with Crippen LogP contribution in [0.25, 0.3) is 10.9 Å². The molecule has 2 aliphatic rings. The summed E-state index contributed by atoms with van der Waals surface area (Å²) in [5, 5.41) is 9.34. The van der Waals surface area contributed by atoms with E-state index in [4.69, 9.17) is 6.85 Å². The Balaban J connectivity index is 1.69. The van der Waals surface area contributed by atoms with Gasteiger partial charge in [0.05, 0.1) is 11.2 Å². The molecule has 1 aliphatic heterocycles. The molecule has 138 valence electrons. The lowest BCUT2D eigenvalue weighted by molar-refractivity contribution is 0.0695. The van der Waals surface area contributed by atoms with E-state index < -0.39 is 36.1 Å². The molecule has 0 amide bonds. The van der Waals surface area contributed by atoms with Crippen LogP contribution in [0.4, 0.5) is 10.1 Å². The van der Waals surface area contributed by atoms with Crippen molar-refractivity contribution in [3.8, 4) is 0 Å². The number of hydrogen-bond donors (Lipinski definition) is 1. The quantitative estimate of drug-likeness (QED) is 0.902. The van der Waals surface area contributed by atoms with Crippen molar-refractivity contribution in [2.75, 3.05) is 37.6 Å². The predicted molar refractivity (Wildman–Crippen MR) is 97.7 cm³/mol. The fourth-order valence-corrected chi connectivity index (χ4v) is 3.47. The molecule has 1 N–H and O–H groups in total. The fourth-order valence-electron chi connectivity index (χ4n) is 3.47. The zero-order chi connectivity index (χ0) is 22.7. The Kier molecular flexibility index (Phi) is 2.97. The third kappa shape index (κ3) is 2.86. The molecule has 1 saturated heterocycles. The number of aromatic nitrogens is 1. The zero-order valence-corrected chi connectivity index (χ0v) is 14.0. The molecule has 4 rings (SSSR count). The number of fused-ring (bicyclic) bond motifs is 1. The number of likely N-dealkylation sites (N-methyl/N-ethyl adjacent to an activating group) is 1. The summed E-state index contributed by atoms with van der Waals surface area (Å²) in [5.74, 6) is -2.03. The van der Waals surface area contributed by atoms with E-state index in [0.29, 0.717) is 5.52 Å². The molecule has 0 spiro atoms. The van der Waals surface area contributed by atoms with E-state index in [0.717, 1.165) is 18.9 Å². The number of anilines is 1. The SMILES string of the molecule is [2H]C([2H])([2H])C([2H])([2H])N1CCN(c2cc3c(cc2F)c(=O)c(C(=O)O)cn3C2CC2)CC1. The standard InChI is InChI=1S/C19H22FN3O3/c1-2-21-5-7-22(8-6-21)17-10-16-13(9-15(17)20)18(24)14(19(25)26)11-23(16)12-3-4-12/h9-12H,2-8H2,1H3,(H,25,26)/i1D3,2D2. The summed E-state index contributed by atoms with van der Waals surface area (Å²) in [7, 11) is 0. The number of hydrogen-bond acceptors (Lipinski definition) is 4. The molecule has 0 unspecified atom stereocenters. The first kappa shape index (κ1) is 12.1. The Hall–Kier alpha value is -2.41. The van der Waals surface area contributed by atoms with Gasteiger partial charge in [-0.15, -0.1) is 0 Å². The van der Waals surface area contributed by atoms with Gasteiger partial charge in [0.25, 0.3) is 0 Å². The van der Waals surface area contributed by atoms with Crippen LogP contribution in [0.15, 0.2) is 23.1 Å². The highest BCUT2D eigenvalue weighted by atomic mass is 19.1. The van der Waals surface area contributed by atoms with Crippen molar-refractivity contribution >= 4 is 22.6 Å². The molecule has 1 aromatic carbocycles. The first-order valence-corrected chi connectivity index (χ1v) is 8.53. The summed E-state index contributed by atoms with van der Waals surface area (Å²) in [6.07, 6.45) is 2.99. The molecular weight excluding hydrogens is 337 g/mol. The van der Waals surface area contributed by atoms with Crippen LogP contribution in [0.2, 0.25) is 0 Å². The molecule has 2 heterocycles. The topological polar surface area (TPSA) is 65.8 Å². The lowest BCUT2D eigenvalue weighted by atomic mass is 10.1. The molecule has 2 fully saturated rings. The van der Waals surface area contributed by atoms with Crippen LogP contribution >= 0.6 is 0 Å². The number of pyridine rings is 1. The summed E-state index contributed by atoms with van der Waals surface area (Å²) in [5.41, 5.74) is -0.458. The second-order valence-electron chi connectivity index (χ2n) is 6.72. The summed E-state index contributed by atoms with van der Waals surface area (Å²) in [6.45, 7) is -4.68. The molecule has 1 saturated carbocycles. The van der Waals surface area contributed by atoms with Gasteiger partial charge in [-0.3, -0.25) is 4.79 Å². The van der Waals surface area contributed by atoms with Crippen LogP contribution in [0.1, 0.15) is 42.9 Å². The molecule has 7 heteroatoms. The van der Waals surface area contributed by atoms with E-state index >= 15 is 0 Å². The van der Waals surface area contributed by atoms with Crippen molar-refractivity contribution in [3.63, 3.8) is 0 Å². The zero-order valence-electron chi connectivity index (χ0n) is 19.0. The van der Waals surface area contributed by atoms with Gasteiger partial charge in [0.1, 0.15) is 11.4 Å². The summed E-state index contributed by atoms with van der Waals surface area (Å²) in [4.78, 5) is 26.9. The Morgan fingerprint density at radius 3 is 2.69 bits per heavy atom. The highest BCUT2D eigenvalue weighted by molar-refractivity contribution is 5.93. The van der Waals surface area contributed by atoms with Crippen LogP contribution in [0.3, 0.4) is 0 Å². The highest BCUT2D eigenvalue weighted by Gasteiger charge is 2.28. The Bertz CT molecular complexity index is 1110. The summed E-state index contributed by atoms with van der Waals surface area (Å²) in [6, 6.07) is 2.65.